The Balaban J connectivity index is 2.21. The van der Waals surface area contributed by atoms with Gasteiger partial charge in [0.05, 0.1) is 0 Å². The average Bonchev–Trinajstić information content (AvgIpc) is 2.29. The van der Waals surface area contributed by atoms with E-state index >= 15 is 0 Å². The molecule has 0 amide bonds. The number of rotatable bonds is 2. The van der Waals surface area contributed by atoms with E-state index in [2.05, 4.69) is 62.4 Å². The van der Waals surface area contributed by atoms with E-state index in [1.54, 1.807) is 0 Å². The zero-order valence-electron chi connectivity index (χ0n) is 9.48. The molecule has 15 heavy (non-hydrogen) atoms. The molecule has 0 nitrogen and oxygen atoms in total. The molecule has 2 unspecified atom stereocenters. The van der Waals surface area contributed by atoms with Crippen LogP contribution in [0.5, 0.6) is 0 Å². The molecule has 0 N–H and O–H groups in total. The Morgan fingerprint density at radius 2 is 1.93 bits per heavy atom. The molecule has 1 aliphatic rings. The van der Waals surface area contributed by atoms with Crippen molar-refractivity contribution < 1.29 is 0 Å². The minimum Gasteiger partial charge on any atom is -0.0837 e. The van der Waals surface area contributed by atoms with Crippen LogP contribution >= 0.6 is 0 Å². The maximum atomic E-state index is 2.40. The van der Waals surface area contributed by atoms with Crippen molar-refractivity contribution in [3.05, 3.63) is 59.7 Å². The minimum absolute atomic E-state index is 0.519. The monoisotopic (exact) mass is 198 g/mol. The molecule has 0 saturated carbocycles. The smallest absolute Gasteiger partial charge is 0.00578 e. The van der Waals surface area contributed by atoms with Crippen molar-refractivity contribution in [1.82, 2.24) is 0 Å². The normalized spacial score (nSPS) is 22.3. The van der Waals surface area contributed by atoms with Crippen LogP contribution in [0.1, 0.15) is 31.7 Å². The first-order valence-electron chi connectivity index (χ1n) is 5.70. The summed E-state index contributed by atoms with van der Waals surface area (Å²) < 4.78 is 0. The summed E-state index contributed by atoms with van der Waals surface area (Å²) in [4.78, 5) is 0. The number of hydrogen-bond donors (Lipinski definition) is 0. The quantitative estimate of drug-likeness (QED) is 0.664. The van der Waals surface area contributed by atoms with Crippen molar-refractivity contribution in [1.29, 1.82) is 0 Å². The SMILES string of the molecule is CC1C=C(C(C)c2ccccc2)C=CC1. The zero-order chi connectivity index (χ0) is 10.7. The minimum atomic E-state index is 0.519. The summed E-state index contributed by atoms with van der Waals surface area (Å²) in [6.45, 7) is 4.56. The summed E-state index contributed by atoms with van der Waals surface area (Å²) in [6, 6.07) is 10.7. The summed E-state index contributed by atoms with van der Waals surface area (Å²) in [5, 5.41) is 0. The molecule has 0 bridgehead atoms. The van der Waals surface area contributed by atoms with E-state index in [-0.39, 0.29) is 0 Å². The Morgan fingerprint density at radius 1 is 1.20 bits per heavy atom. The Morgan fingerprint density at radius 3 is 2.60 bits per heavy atom. The maximum Gasteiger partial charge on any atom is 0.00578 e. The predicted octanol–water partition coefficient (Wildman–Crippen LogP) is 4.31. The third-order valence-electron chi connectivity index (χ3n) is 3.09. The molecule has 1 aromatic carbocycles. The molecule has 0 heteroatoms. The van der Waals surface area contributed by atoms with Gasteiger partial charge in [-0.2, -0.15) is 0 Å². The lowest BCUT2D eigenvalue weighted by atomic mass is 9.87. The Labute approximate surface area is 92.3 Å². The molecular formula is C15H18. The second-order valence-corrected chi connectivity index (χ2v) is 4.41. The second kappa shape index (κ2) is 4.48. The van der Waals surface area contributed by atoms with Gasteiger partial charge in [-0.15, -0.1) is 0 Å². The maximum absolute atomic E-state index is 2.40. The third-order valence-corrected chi connectivity index (χ3v) is 3.09. The first-order chi connectivity index (χ1) is 7.27. The van der Waals surface area contributed by atoms with Crippen molar-refractivity contribution in [3.8, 4) is 0 Å². The van der Waals surface area contributed by atoms with E-state index in [0.29, 0.717) is 11.8 Å². The Kier molecular flexibility index (Phi) is 3.05. The standard InChI is InChI=1S/C15H18/c1-12-7-6-10-15(11-12)13(2)14-8-4-3-5-9-14/h3-6,8-13H,7H2,1-2H3. The van der Waals surface area contributed by atoms with Gasteiger partial charge in [0.25, 0.3) is 0 Å². The molecule has 0 saturated heterocycles. The van der Waals surface area contributed by atoms with E-state index in [0.717, 1.165) is 0 Å². The van der Waals surface area contributed by atoms with Gasteiger partial charge in [0.2, 0.25) is 0 Å². The molecule has 0 heterocycles. The summed E-state index contributed by atoms with van der Waals surface area (Å²) in [5.41, 5.74) is 2.86. The van der Waals surface area contributed by atoms with E-state index in [1.165, 1.54) is 17.6 Å². The van der Waals surface area contributed by atoms with Gasteiger partial charge in [-0.25, -0.2) is 0 Å². The van der Waals surface area contributed by atoms with Crippen molar-refractivity contribution in [3.63, 3.8) is 0 Å². The third kappa shape index (κ3) is 2.38. The highest BCUT2D eigenvalue weighted by atomic mass is 14.2. The van der Waals surface area contributed by atoms with Gasteiger partial charge in [0.1, 0.15) is 0 Å². The first kappa shape index (κ1) is 10.2. The van der Waals surface area contributed by atoms with Crippen LogP contribution in [0.25, 0.3) is 0 Å². The van der Waals surface area contributed by atoms with Crippen LogP contribution in [-0.2, 0) is 0 Å². The van der Waals surface area contributed by atoms with Crippen molar-refractivity contribution in [2.45, 2.75) is 26.2 Å². The summed E-state index contributed by atoms with van der Waals surface area (Å²) in [7, 11) is 0. The van der Waals surface area contributed by atoms with Gasteiger partial charge in [-0.05, 0) is 23.5 Å². The lowest BCUT2D eigenvalue weighted by Crippen LogP contribution is -2.02. The molecule has 0 radical (unpaired) electrons. The van der Waals surface area contributed by atoms with Gasteiger partial charge < -0.3 is 0 Å². The van der Waals surface area contributed by atoms with E-state index in [1.807, 2.05) is 0 Å². The largest absolute Gasteiger partial charge is 0.0837 e. The topological polar surface area (TPSA) is 0 Å². The van der Waals surface area contributed by atoms with Crippen LogP contribution in [0.4, 0.5) is 0 Å². The summed E-state index contributed by atoms with van der Waals surface area (Å²) in [6.07, 6.45) is 8.15. The highest BCUT2D eigenvalue weighted by Gasteiger charge is 2.12. The molecule has 2 rings (SSSR count). The number of benzene rings is 1. The van der Waals surface area contributed by atoms with E-state index < -0.39 is 0 Å². The predicted molar refractivity (Wildman–Crippen MR) is 65.9 cm³/mol. The van der Waals surface area contributed by atoms with Crippen molar-refractivity contribution in [2.75, 3.05) is 0 Å². The molecule has 0 aliphatic heterocycles. The molecule has 0 spiro atoms. The van der Waals surface area contributed by atoms with Gasteiger partial charge in [0.15, 0.2) is 0 Å². The fourth-order valence-corrected chi connectivity index (χ4v) is 2.09. The summed E-state index contributed by atoms with van der Waals surface area (Å²) in [5.74, 6) is 1.21. The Bertz CT molecular complexity index is 370. The Hall–Kier alpha value is -1.30. The van der Waals surface area contributed by atoms with Crippen LogP contribution in [0.15, 0.2) is 54.1 Å². The number of allylic oxidation sites excluding steroid dienone is 4. The fourth-order valence-electron chi connectivity index (χ4n) is 2.09. The molecule has 1 aliphatic carbocycles. The highest BCUT2D eigenvalue weighted by molar-refractivity contribution is 5.36. The summed E-state index contributed by atoms with van der Waals surface area (Å²) >= 11 is 0. The number of hydrogen-bond acceptors (Lipinski definition) is 0. The van der Waals surface area contributed by atoms with Gasteiger partial charge in [-0.3, -0.25) is 0 Å². The molecule has 78 valence electrons. The molecular weight excluding hydrogens is 180 g/mol. The van der Waals surface area contributed by atoms with Gasteiger partial charge in [0, 0.05) is 5.92 Å². The van der Waals surface area contributed by atoms with Crippen LogP contribution in [0.2, 0.25) is 0 Å². The molecule has 0 fully saturated rings. The van der Waals surface area contributed by atoms with Crippen LogP contribution in [0, 0.1) is 5.92 Å². The first-order valence-corrected chi connectivity index (χ1v) is 5.70. The van der Waals surface area contributed by atoms with Crippen LogP contribution in [0.3, 0.4) is 0 Å². The van der Waals surface area contributed by atoms with E-state index in [9.17, 15) is 0 Å². The fraction of sp³-hybridized carbons (Fsp3) is 0.333. The lowest BCUT2D eigenvalue weighted by Gasteiger charge is -2.18. The molecule has 0 aromatic heterocycles. The second-order valence-electron chi connectivity index (χ2n) is 4.41. The highest BCUT2D eigenvalue weighted by Crippen LogP contribution is 2.29. The zero-order valence-corrected chi connectivity index (χ0v) is 9.48. The molecule has 1 aromatic rings. The van der Waals surface area contributed by atoms with Crippen LogP contribution < -0.4 is 0 Å². The van der Waals surface area contributed by atoms with Crippen molar-refractivity contribution >= 4 is 0 Å². The van der Waals surface area contributed by atoms with Gasteiger partial charge >= 0.3 is 0 Å². The van der Waals surface area contributed by atoms with E-state index in [4.69, 9.17) is 0 Å². The molecule has 2 atom stereocenters. The average molecular weight is 198 g/mol. The van der Waals surface area contributed by atoms with Crippen LogP contribution in [-0.4, -0.2) is 0 Å². The van der Waals surface area contributed by atoms with Crippen molar-refractivity contribution in [2.24, 2.45) is 5.92 Å². The van der Waals surface area contributed by atoms with Gasteiger partial charge in [-0.1, -0.05) is 62.4 Å². The lowest BCUT2D eigenvalue weighted by molar-refractivity contribution is 0.713.